The van der Waals surface area contributed by atoms with E-state index in [2.05, 4.69) is 11.4 Å². The minimum absolute atomic E-state index is 0.422. The van der Waals surface area contributed by atoms with Crippen LogP contribution in [0.1, 0.15) is 44.7 Å². The number of anilines is 1. The molecule has 0 heterocycles. The average molecular weight is 572 g/mol. The fourth-order valence-electron chi connectivity index (χ4n) is 3.48. The SMILES string of the molecule is CC(C)(C)OC(=O)N[C@@H](CCCN)C(N)=O.COc1ccc(C=C(C#N)c2cc(OC)c(OC)c(OC)c2)cc1N. The van der Waals surface area contributed by atoms with Gasteiger partial charge in [0.25, 0.3) is 0 Å². The normalized spacial score (nSPS) is 11.6. The van der Waals surface area contributed by atoms with Crippen molar-refractivity contribution in [1.82, 2.24) is 5.32 Å². The molecule has 1 atom stereocenters. The summed E-state index contributed by atoms with van der Waals surface area (Å²) in [5, 5.41) is 12.0. The van der Waals surface area contributed by atoms with Crippen LogP contribution < -0.4 is 41.5 Å². The minimum atomic E-state index is -0.724. The summed E-state index contributed by atoms with van der Waals surface area (Å²) < 4.78 is 26.1. The molecule has 12 nitrogen and oxygen atoms in total. The van der Waals surface area contributed by atoms with Gasteiger partial charge < -0.3 is 46.2 Å². The Bertz CT molecular complexity index is 1220. The Hall–Kier alpha value is -4.63. The summed E-state index contributed by atoms with van der Waals surface area (Å²) in [7, 11) is 6.14. The second-order valence-electron chi connectivity index (χ2n) is 9.62. The number of nitrogens with two attached hydrogens (primary N) is 3. The Morgan fingerprint density at radius 2 is 1.59 bits per heavy atom. The number of alkyl carbamates (subject to hydrolysis) is 1. The standard InChI is InChI=1S/C19H20N2O4.C10H21N3O3/c1-22-16-6-5-12(8-15(16)21)7-14(11-20)13-9-17(23-2)19(25-4)18(10-13)24-3;1-10(2,3)16-9(15)13-7(8(12)14)5-4-6-11/h5-10H,21H2,1-4H3;7H,4-6,11H2,1-3H3,(H2,12,14)(H,13,15)/t;7-/m.0/s1. The Balaban J connectivity index is 0.000000456. The minimum Gasteiger partial charge on any atom is -0.495 e. The van der Waals surface area contributed by atoms with Crippen LogP contribution in [0.25, 0.3) is 11.6 Å². The van der Waals surface area contributed by atoms with Crippen molar-refractivity contribution in [3.63, 3.8) is 0 Å². The summed E-state index contributed by atoms with van der Waals surface area (Å²) in [5.74, 6) is 1.43. The van der Waals surface area contributed by atoms with Crippen LogP contribution in [0.3, 0.4) is 0 Å². The smallest absolute Gasteiger partial charge is 0.408 e. The number of carbonyl (C=O) groups excluding carboxylic acids is 2. The number of primary amides is 1. The maximum Gasteiger partial charge on any atom is 0.408 e. The van der Waals surface area contributed by atoms with Gasteiger partial charge in [-0.15, -0.1) is 0 Å². The average Bonchev–Trinajstić information content (AvgIpc) is 2.92. The topological polar surface area (TPSA) is 194 Å². The quantitative estimate of drug-likeness (QED) is 0.176. The van der Waals surface area contributed by atoms with Gasteiger partial charge >= 0.3 is 6.09 Å². The first-order chi connectivity index (χ1) is 19.3. The number of nitriles is 1. The highest BCUT2D eigenvalue weighted by Crippen LogP contribution is 2.40. The molecule has 2 amide bonds. The van der Waals surface area contributed by atoms with Gasteiger partial charge in [-0.1, -0.05) is 6.07 Å². The van der Waals surface area contributed by atoms with Gasteiger partial charge in [-0.25, -0.2) is 4.79 Å². The van der Waals surface area contributed by atoms with Gasteiger partial charge in [0.1, 0.15) is 17.4 Å². The summed E-state index contributed by atoms with van der Waals surface area (Å²) in [6.07, 6.45) is 2.12. The molecule has 2 rings (SSSR count). The van der Waals surface area contributed by atoms with E-state index in [1.54, 1.807) is 58.2 Å². The molecule has 0 bridgehead atoms. The number of hydrogen-bond donors (Lipinski definition) is 4. The van der Waals surface area contributed by atoms with Crippen LogP contribution in [0.15, 0.2) is 30.3 Å². The molecule has 0 saturated carbocycles. The van der Waals surface area contributed by atoms with Gasteiger partial charge in [-0.3, -0.25) is 4.79 Å². The molecular weight excluding hydrogens is 530 g/mol. The Morgan fingerprint density at radius 1 is 1.00 bits per heavy atom. The monoisotopic (exact) mass is 571 g/mol. The van der Waals surface area contributed by atoms with E-state index < -0.39 is 23.6 Å². The predicted octanol–water partition coefficient (Wildman–Crippen LogP) is 3.47. The largest absolute Gasteiger partial charge is 0.495 e. The van der Waals surface area contributed by atoms with Crippen molar-refractivity contribution in [2.45, 2.75) is 45.3 Å². The summed E-state index contributed by atoms with van der Waals surface area (Å²) in [4.78, 5) is 22.4. The van der Waals surface area contributed by atoms with Gasteiger partial charge in [-0.2, -0.15) is 5.26 Å². The van der Waals surface area contributed by atoms with Crippen LogP contribution in [0, 0.1) is 11.3 Å². The van der Waals surface area contributed by atoms with E-state index in [9.17, 15) is 14.9 Å². The molecule has 0 aliphatic rings. The van der Waals surface area contributed by atoms with Crippen molar-refractivity contribution in [3.05, 3.63) is 41.5 Å². The zero-order valence-corrected chi connectivity index (χ0v) is 24.7. The van der Waals surface area contributed by atoms with Gasteiger partial charge in [-0.05, 0) is 81.6 Å². The second kappa shape index (κ2) is 16.5. The first-order valence-electron chi connectivity index (χ1n) is 12.7. The number of hydrogen-bond acceptors (Lipinski definition) is 10. The molecule has 41 heavy (non-hydrogen) atoms. The second-order valence-corrected chi connectivity index (χ2v) is 9.62. The van der Waals surface area contributed by atoms with Crippen LogP contribution in [0.5, 0.6) is 23.0 Å². The molecule has 0 saturated heterocycles. The number of amides is 2. The lowest BCUT2D eigenvalue weighted by Gasteiger charge is -2.22. The van der Waals surface area contributed by atoms with E-state index in [0.29, 0.717) is 59.2 Å². The van der Waals surface area contributed by atoms with E-state index in [-0.39, 0.29) is 0 Å². The van der Waals surface area contributed by atoms with Gasteiger partial charge in [0.2, 0.25) is 11.7 Å². The zero-order chi connectivity index (χ0) is 31.2. The molecule has 2 aromatic carbocycles. The number of nitrogens with zero attached hydrogens (tertiary/aromatic N) is 1. The van der Waals surface area contributed by atoms with E-state index in [4.69, 9.17) is 40.9 Å². The summed E-state index contributed by atoms with van der Waals surface area (Å²) in [6, 6.07) is 10.2. The molecule has 12 heteroatoms. The van der Waals surface area contributed by atoms with Crippen LogP contribution >= 0.6 is 0 Å². The highest BCUT2D eigenvalue weighted by Gasteiger charge is 2.22. The molecule has 7 N–H and O–H groups in total. The number of nitrogens with one attached hydrogen (secondary N) is 1. The van der Waals surface area contributed by atoms with Crippen molar-refractivity contribution in [3.8, 4) is 29.1 Å². The molecule has 0 aliphatic heterocycles. The van der Waals surface area contributed by atoms with Gasteiger partial charge in [0.05, 0.1) is 45.8 Å². The maximum atomic E-state index is 11.4. The van der Waals surface area contributed by atoms with Crippen LogP contribution in [-0.4, -0.2) is 58.6 Å². The van der Waals surface area contributed by atoms with E-state index >= 15 is 0 Å². The number of methoxy groups -OCH3 is 4. The number of rotatable bonds is 11. The Morgan fingerprint density at radius 3 is 2.00 bits per heavy atom. The number of allylic oxidation sites excluding steroid dienone is 1. The van der Waals surface area contributed by atoms with Crippen molar-refractivity contribution in [1.29, 1.82) is 5.26 Å². The predicted molar refractivity (Wildman–Crippen MR) is 158 cm³/mol. The summed E-state index contributed by atoms with van der Waals surface area (Å²) >= 11 is 0. The first-order valence-corrected chi connectivity index (χ1v) is 12.7. The summed E-state index contributed by atoms with van der Waals surface area (Å²) in [5.41, 5.74) is 18.1. The lowest BCUT2D eigenvalue weighted by molar-refractivity contribution is -0.120. The molecule has 0 spiro atoms. The fraction of sp³-hybridized carbons (Fsp3) is 0.414. The van der Waals surface area contributed by atoms with Crippen LogP contribution in [-0.2, 0) is 9.53 Å². The van der Waals surface area contributed by atoms with Crippen LogP contribution in [0.4, 0.5) is 10.5 Å². The van der Waals surface area contributed by atoms with E-state index in [1.165, 1.54) is 21.3 Å². The zero-order valence-electron chi connectivity index (χ0n) is 24.7. The van der Waals surface area contributed by atoms with E-state index in [0.717, 1.165) is 5.56 Å². The molecule has 0 radical (unpaired) electrons. The Labute approximate surface area is 241 Å². The number of benzene rings is 2. The van der Waals surface area contributed by atoms with Gasteiger partial charge in [0, 0.05) is 0 Å². The lowest BCUT2D eigenvalue weighted by atomic mass is 10.0. The third kappa shape index (κ3) is 11.2. The third-order valence-electron chi connectivity index (χ3n) is 5.39. The van der Waals surface area contributed by atoms with Crippen molar-refractivity contribution in [2.75, 3.05) is 40.7 Å². The van der Waals surface area contributed by atoms with Crippen molar-refractivity contribution < 1.29 is 33.3 Å². The van der Waals surface area contributed by atoms with Gasteiger partial charge in [0.15, 0.2) is 11.5 Å². The maximum absolute atomic E-state index is 11.4. The highest BCUT2D eigenvalue weighted by atomic mass is 16.6. The number of nitrogen functional groups attached to an aromatic ring is 1. The van der Waals surface area contributed by atoms with Crippen molar-refractivity contribution in [2.24, 2.45) is 11.5 Å². The molecule has 0 fully saturated rings. The van der Waals surface area contributed by atoms with Crippen LogP contribution in [0.2, 0.25) is 0 Å². The number of ether oxygens (including phenoxy) is 5. The Kier molecular flexibility index (Phi) is 13.8. The van der Waals surface area contributed by atoms with Crippen molar-refractivity contribution >= 4 is 29.3 Å². The summed E-state index contributed by atoms with van der Waals surface area (Å²) in [6.45, 7) is 5.67. The molecule has 0 unspecified atom stereocenters. The molecule has 0 aliphatic carbocycles. The molecular formula is C29H41N5O7. The fourth-order valence-corrected chi connectivity index (χ4v) is 3.48. The molecule has 224 valence electrons. The third-order valence-corrected chi connectivity index (χ3v) is 5.39. The number of carbonyl (C=O) groups is 2. The molecule has 0 aromatic heterocycles. The molecule has 2 aromatic rings. The van der Waals surface area contributed by atoms with E-state index in [1.807, 2.05) is 6.07 Å². The lowest BCUT2D eigenvalue weighted by Crippen LogP contribution is -2.46. The highest BCUT2D eigenvalue weighted by molar-refractivity contribution is 5.91. The first kappa shape index (κ1) is 34.4.